The third-order valence-corrected chi connectivity index (χ3v) is 3.77. The van der Waals surface area contributed by atoms with Crippen molar-refractivity contribution in [3.8, 4) is 5.75 Å². The quantitative estimate of drug-likeness (QED) is 0.471. The minimum absolute atomic E-state index is 0.00394. The van der Waals surface area contributed by atoms with E-state index in [1.165, 1.54) is 6.07 Å². The van der Waals surface area contributed by atoms with Crippen LogP contribution in [0.25, 0.3) is 0 Å². The van der Waals surface area contributed by atoms with Gasteiger partial charge in [0.05, 0.1) is 17.1 Å². The lowest BCUT2D eigenvalue weighted by Gasteiger charge is -2.13. The van der Waals surface area contributed by atoms with Gasteiger partial charge in [-0.2, -0.15) is 0 Å². The number of nitro benzene ring substituents is 1. The lowest BCUT2D eigenvalue weighted by molar-refractivity contribution is -0.385. The van der Waals surface area contributed by atoms with Crippen molar-refractivity contribution in [2.75, 3.05) is 6.61 Å². The second-order valence-electron chi connectivity index (χ2n) is 4.65. The summed E-state index contributed by atoms with van der Waals surface area (Å²) in [5.41, 5.74) is 0.942. The first-order valence-corrected chi connectivity index (χ1v) is 7.34. The summed E-state index contributed by atoms with van der Waals surface area (Å²) in [4.78, 5) is 10.5. The molecule has 1 aromatic carbocycles. The summed E-state index contributed by atoms with van der Waals surface area (Å²) in [5.74, 6) is 0.310. The second kappa shape index (κ2) is 6.34. The molecule has 2 unspecified atom stereocenters. The molecular weight excluding hydrogens is 314 g/mol. The highest BCUT2D eigenvalue weighted by Crippen LogP contribution is 2.30. The predicted octanol–water partition coefficient (Wildman–Crippen LogP) is 3.44. The Morgan fingerprint density at radius 3 is 2.89 bits per heavy atom. The molecule has 2 rings (SSSR count). The maximum atomic E-state index is 11.0. The minimum atomic E-state index is -0.425. The fourth-order valence-corrected chi connectivity index (χ4v) is 2.45. The van der Waals surface area contributed by atoms with Crippen LogP contribution in [-0.4, -0.2) is 23.7 Å². The summed E-state index contributed by atoms with van der Waals surface area (Å²) < 4.78 is 11.2. The fourth-order valence-electron chi connectivity index (χ4n) is 2.10. The predicted molar refractivity (Wildman–Crippen MR) is 74.8 cm³/mol. The molecule has 1 saturated heterocycles. The Labute approximate surface area is 120 Å². The Bertz CT molecular complexity index is 466. The molecule has 1 fully saturated rings. The average molecular weight is 330 g/mol. The van der Waals surface area contributed by atoms with Gasteiger partial charge in [0.1, 0.15) is 6.61 Å². The summed E-state index contributed by atoms with van der Waals surface area (Å²) in [5, 5.41) is 11.6. The molecule has 19 heavy (non-hydrogen) atoms. The lowest BCUT2D eigenvalue weighted by Crippen LogP contribution is -2.18. The molecule has 0 spiro atoms. The number of alkyl halides is 1. The van der Waals surface area contributed by atoms with Gasteiger partial charge in [0.15, 0.2) is 5.75 Å². The summed E-state index contributed by atoms with van der Waals surface area (Å²) in [7, 11) is 0. The summed E-state index contributed by atoms with van der Waals surface area (Å²) >= 11 is 3.33. The van der Waals surface area contributed by atoms with Crippen LogP contribution < -0.4 is 4.74 Å². The van der Waals surface area contributed by atoms with E-state index in [0.717, 1.165) is 18.4 Å². The number of rotatable bonds is 5. The molecule has 1 heterocycles. The van der Waals surface area contributed by atoms with Crippen LogP contribution in [0.1, 0.15) is 25.3 Å². The van der Waals surface area contributed by atoms with Crippen molar-refractivity contribution in [1.29, 1.82) is 0 Å². The number of nitrogens with zero attached hydrogens (tertiary/aromatic N) is 1. The molecule has 104 valence electrons. The minimum Gasteiger partial charge on any atom is -0.484 e. The van der Waals surface area contributed by atoms with E-state index in [4.69, 9.17) is 9.47 Å². The highest BCUT2D eigenvalue weighted by molar-refractivity contribution is 9.08. The van der Waals surface area contributed by atoms with Crippen molar-refractivity contribution < 1.29 is 14.4 Å². The Hall–Kier alpha value is -1.14. The van der Waals surface area contributed by atoms with Crippen LogP contribution in [0.4, 0.5) is 5.69 Å². The average Bonchev–Trinajstić information content (AvgIpc) is 2.81. The third-order valence-electron chi connectivity index (χ3n) is 3.12. The molecule has 1 aromatic rings. The molecule has 0 amide bonds. The van der Waals surface area contributed by atoms with Crippen LogP contribution in [0.2, 0.25) is 0 Å². The molecule has 1 aliphatic rings. The van der Waals surface area contributed by atoms with Crippen LogP contribution in [0.3, 0.4) is 0 Å². The number of benzene rings is 1. The molecule has 0 saturated carbocycles. The Balaban J connectivity index is 2.06. The summed E-state index contributed by atoms with van der Waals surface area (Å²) in [6.45, 7) is 2.38. The van der Waals surface area contributed by atoms with Crippen molar-refractivity contribution in [2.45, 2.75) is 37.3 Å². The Kier molecular flexibility index (Phi) is 4.76. The number of ether oxygens (including phenoxy) is 2. The van der Waals surface area contributed by atoms with Crippen LogP contribution >= 0.6 is 15.9 Å². The number of hydrogen-bond donors (Lipinski definition) is 0. The topological polar surface area (TPSA) is 61.6 Å². The van der Waals surface area contributed by atoms with E-state index in [9.17, 15) is 10.1 Å². The summed E-state index contributed by atoms with van der Waals surface area (Å²) in [6.07, 6.45) is 2.23. The highest BCUT2D eigenvalue weighted by atomic mass is 79.9. The van der Waals surface area contributed by atoms with Crippen molar-refractivity contribution in [3.05, 3.63) is 33.9 Å². The molecule has 2 atom stereocenters. The van der Waals surface area contributed by atoms with Gasteiger partial charge in [-0.25, -0.2) is 0 Å². The maximum Gasteiger partial charge on any atom is 0.310 e. The van der Waals surface area contributed by atoms with Gasteiger partial charge in [0, 0.05) is 11.4 Å². The van der Waals surface area contributed by atoms with E-state index >= 15 is 0 Å². The van der Waals surface area contributed by atoms with E-state index < -0.39 is 4.92 Å². The smallest absolute Gasteiger partial charge is 0.310 e. The van der Waals surface area contributed by atoms with E-state index in [2.05, 4.69) is 15.9 Å². The molecule has 0 radical (unpaired) electrons. The zero-order chi connectivity index (χ0) is 13.8. The molecule has 1 aliphatic heterocycles. The van der Waals surface area contributed by atoms with Crippen molar-refractivity contribution in [3.63, 3.8) is 0 Å². The van der Waals surface area contributed by atoms with Crippen molar-refractivity contribution >= 4 is 21.6 Å². The molecule has 5 nitrogen and oxygen atoms in total. The molecule has 0 aromatic heterocycles. The van der Waals surface area contributed by atoms with Crippen molar-refractivity contribution in [2.24, 2.45) is 0 Å². The summed E-state index contributed by atoms with van der Waals surface area (Å²) in [6, 6.07) is 4.89. The zero-order valence-corrected chi connectivity index (χ0v) is 12.3. The first-order chi connectivity index (χ1) is 9.10. The monoisotopic (exact) mass is 329 g/mol. The molecule has 0 aliphatic carbocycles. The van der Waals surface area contributed by atoms with Gasteiger partial charge in [0.25, 0.3) is 0 Å². The van der Waals surface area contributed by atoms with Crippen LogP contribution in [0, 0.1) is 10.1 Å². The lowest BCUT2D eigenvalue weighted by atomic mass is 10.2. The molecule has 0 N–H and O–H groups in total. The maximum absolute atomic E-state index is 11.0. The number of hydrogen-bond acceptors (Lipinski definition) is 4. The van der Waals surface area contributed by atoms with Crippen molar-refractivity contribution in [1.82, 2.24) is 0 Å². The SMILES string of the molecule is CC1CCC(COc2cc(CBr)ccc2[N+](=O)[O-])O1. The third kappa shape index (κ3) is 3.67. The first-order valence-electron chi connectivity index (χ1n) is 6.21. The van der Waals surface area contributed by atoms with Gasteiger partial charge in [-0.05, 0) is 31.4 Å². The Morgan fingerprint density at radius 1 is 1.53 bits per heavy atom. The normalized spacial score (nSPS) is 22.4. The van der Waals surface area contributed by atoms with Gasteiger partial charge in [-0.15, -0.1) is 0 Å². The first kappa shape index (κ1) is 14.3. The highest BCUT2D eigenvalue weighted by Gasteiger charge is 2.24. The second-order valence-corrected chi connectivity index (χ2v) is 5.21. The zero-order valence-electron chi connectivity index (χ0n) is 10.7. The fraction of sp³-hybridized carbons (Fsp3) is 0.538. The van der Waals surface area contributed by atoms with E-state index in [-0.39, 0.29) is 17.9 Å². The van der Waals surface area contributed by atoms with E-state index in [1.54, 1.807) is 12.1 Å². The van der Waals surface area contributed by atoms with Gasteiger partial charge in [0.2, 0.25) is 0 Å². The molecule has 6 heteroatoms. The molecule has 0 bridgehead atoms. The number of halogens is 1. The van der Waals surface area contributed by atoms with Gasteiger partial charge in [-0.3, -0.25) is 10.1 Å². The van der Waals surface area contributed by atoms with E-state index in [1.807, 2.05) is 6.92 Å². The number of nitro groups is 1. The molecular formula is C13H16BrNO4. The Morgan fingerprint density at radius 2 is 2.32 bits per heavy atom. The van der Waals surface area contributed by atoms with E-state index in [0.29, 0.717) is 17.7 Å². The standard InChI is InChI=1S/C13H16BrNO4/c1-9-2-4-11(19-9)8-18-13-6-10(7-14)3-5-12(13)15(16)17/h3,5-6,9,11H,2,4,7-8H2,1H3. The van der Waals surface area contributed by atoms with Crippen LogP contribution in [0.15, 0.2) is 18.2 Å². The van der Waals surface area contributed by atoms with Crippen LogP contribution in [-0.2, 0) is 10.1 Å². The van der Waals surface area contributed by atoms with Gasteiger partial charge in [-0.1, -0.05) is 22.0 Å². The van der Waals surface area contributed by atoms with Crippen LogP contribution in [0.5, 0.6) is 5.75 Å². The largest absolute Gasteiger partial charge is 0.484 e. The van der Waals surface area contributed by atoms with Gasteiger partial charge < -0.3 is 9.47 Å². The van der Waals surface area contributed by atoms with Gasteiger partial charge >= 0.3 is 5.69 Å².